The van der Waals surface area contributed by atoms with Crippen molar-refractivity contribution in [2.75, 3.05) is 18.4 Å². The number of rotatable bonds is 6. The number of piperidine rings is 1. The van der Waals surface area contributed by atoms with Crippen molar-refractivity contribution in [3.63, 3.8) is 0 Å². The van der Waals surface area contributed by atoms with Crippen LogP contribution in [0, 0.1) is 11.6 Å². The van der Waals surface area contributed by atoms with Gasteiger partial charge in [0.15, 0.2) is 5.75 Å². The third-order valence-corrected chi connectivity index (χ3v) is 7.19. The van der Waals surface area contributed by atoms with Gasteiger partial charge in [-0.15, -0.1) is 0 Å². The van der Waals surface area contributed by atoms with E-state index in [-0.39, 0.29) is 16.3 Å². The van der Waals surface area contributed by atoms with Crippen LogP contribution in [0.2, 0.25) is 0 Å². The molecule has 1 aliphatic rings. The lowest BCUT2D eigenvalue weighted by Gasteiger charge is -2.26. The number of carbonyl (C=O) groups excluding carboxylic acids is 1. The van der Waals surface area contributed by atoms with E-state index in [9.17, 15) is 22.0 Å². The third kappa shape index (κ3) is 5.20. The first-order valence-corrected chi connectivity index (χ1v) is 11.9. The van der Waals surface area contributed by atoms with Gasteiger partial charge in [0.05, 0.1) is 16.1 Å². The van der Waals surface area contributed by atoms with Gasteiger partial charge in [-0.3, -0.25) is 4.79 Å². The standard InChI is InChI=1S/C24H22F2N2O4S/c25-17-9-11-21(26)20(15-17)24(29)27-22-16-19(33(30,31)28-13-5-2-6-14-28)10-12-23(22)32-18-7-3-1-4-8-18/h1,3-4,7-12,15-16H,2,5-6,13-14H2,(H,27,29). The Balaban J connectivity index is 1.71. The molecule has 33 heavy (non-hydrogen) atoms. The van der Waals surface area contributed by atoms with Gasteiger partial charge in [0.2, 0.25) is 10.0 Å². The molecule has 0 saturated carbocycles. The van der Waals surface area contributed by atoms with E-state index in [1.165, 1.54) is 22.5 Å². The van der Waals surface area contributed by atoms with Crippen molar-refractivity contribution in [2.45, 2.75) is 24.2 Å². The van der Waals surface area contributed by atoms with Crippen molar-refractivity contribution >= 4 is 21.6 Å². The van der Waals surface area contributed by atoms with Gasteiger partial charge in [0.25, 0.3) is 5.91 Å². The lowest BCUT2D eigenvalue weighted by atomic mass is 10.2. The lowest BCUT2D eigenvalue weighted by Crippen LogP contribution is -2.35. The normalized spacial score (nSPS) is 14.6. The van der Waals surface area contributed by atoms with E-state index < -0.39 is 33.1 Å². The number of nitrogens with zero attached hydrogens (tertiary/aromatic N) is 1. The van der Waals surface area contributed by atoms with Crippen LogP contribution in [0.5, 0.6) is 11.5 Å². The zero-order valence-corrected chi connectivity index (χ0v) is 18.4. The average molecular weight is 473 g/mol. The van der Waals surface area contributed by atoms with Crippen LogP contribution in [-0.4, -0.2) is 31.7 Å². The van der Waals surface area contributed by atoms with Crippen LogP contribution in [0.1, 0.15) is 29.6 Å². The zero-order valence-electron chi connectivity index (χ0n) is 17.6. The fraction of sp³-hybridized carbons (Fsp3) is 0.208. The molecule has 6 nitrogen and oxygen atoms in total. The molecule has 1 amide bonds. The molecule has 0 atom stereocenters. The van der Waals surface area contributed by atoms with Gasteiger partial charge in [-0.2, -0.15) is 4.31 Å². The number of carbonyl (C=O) groups is 1. The van der Waals surface area contributed by atoms with Crippen LogP contribution in [-0.2, 0) is 10.0 Å². The van der Waals surface area contributed by atoms with E-state index in [1.54, 1.807) is 30.3 Å². The fourth-order valence-corrected chi connectivity index (χ4v) is 5.13. The second-order valence-electron chi connectivity index (χ2n) is 7.62. The summed E-state index contributed by atoms with van der Waals surface area (Å²) in [5, 5.41) is 2.48. The first kappa shape index (κ1) is 22.9. The molecule has 3 aromatic carbocycles. The number of halogens is 2. The number of sulfonamides is 1. The number of hydrogen-bond acceptors (Lipinski definition) is 4. The summed E-state index contributed by atoms with van der Waals surface area (Å²) in [5.74, 6) is -2.00. The molecule has 0 unspecified atom stereocenters. The van der Waals surface area contributed by atoms with Crippen molar-refractivity contribution in [3.05, 3.63) is 83.9 Å². The summed E-state index contributed by atoms with van der Waals surface area (Å²) >= 11 is 0. The van der Waals surface area contributed by atoms with Gasteiger partial charge in [0.1, 0.15) is 17.4 Å². The van der Waals surface area contributed by atoms with Crippen molar-refractivity contribution < 1.29 is 26.7 Å². The predicted octanol–water partition coefficient (Wildman–Crippen LogP) is 5.18. The first-order valence-electron chi connectivity index (χ1n) is 10.5. The summed E-state index contributed by atoms with van der Waals surface area (Å²) in [6, 6.07) is 15.3. The van der Waals surface area contributed by atoms with Crippen molar-refractivity contribution in [1.29, 1.82) is 0 Å². The van der Waals surface area contributed by atoms with Crippen LogP contribution in [0.4, 0.5) is 14.5 Å². The number of amides is 1. The zero-order chi connectivity index (χ0) is 23.4. The second-order valence-corrected chi connectivity index (χ2v) is 9.55. The Bertz CT molecular complexity index is 1260. The monoisotopic (exact) mass is 472 g/mol. The summed E-state index contributed by atoms with van der Waals surface area (Å²) in [4.78, 5) is 12.7. The number of ether oxygens (including phenoxy) is 1. The summed E-state index contributed by atoms with van der Waals surface area (Å²) < 4.78 is 61.2. The quantitative estimate of drug-likeness (QED) is 0.536. The highest BCUT2D eigenvalue weighted by Crippen LogP contribution is 2.33. The molecule has 1 fully saturated rings. The Hall–Kier alpha value is -3.30. The summed E-state index contributed by atoms with van der Waals surface area (Å²) in [5.41, 5.74) is -0.490. The van der Waals surface area contributed by atoms with E-state index in [4.69, 9.17) is 4.74 Å². The van der Waals surface area contributed by atoms with Crippen molar-refractivity contribution in [1.82, 2.24) is 4.31 Å². The Morgan fingerprint density at radius 1 is 0.909 bits per heavy atom. The first-order chi connectivity index (χ1) is 15.8. The molecule has 9 heteroatoms. The maximum absolute atomic E-state index is 14.1. The minimum atomic E-state index is -3.80. The predicted molar refractivity (Wildman–Crippen MR) is 120 cm³/mol. The maximum Gasteiger partial charge on any atom is 0.258 e. The fourth-order valence-electron chi connectivity index (χ4n) is 3.59. The van der Waals surface area contributed by atoms with E-state index in [0.717, 1.165) is 37.5 Å². The SMILES string of the molecule is O=C(Nc1cc(S(=O)(=O)N2CCCCC2)ccc1Oc1ccccc1)c1cc(F)ccc1F. The molecule has 172 valence electrons. The van der Waals surface area contributed by atoms with Gasteiger partial charge < -0.3 is 10.1 Å². The van der Waals surface area contributed by atoms with Gasteiger partial charge in [0, 0.05) is 13.1 Å². The van der Waals surface area contributed by atoms with E-state index >= 15 is 0 Å². The highest BCUT2D eigenvalue weighted by molar-refractivity contribution is 7.89. The van der Waals surface area contributed by atoms with E-state index in [2.05, 4.69) is 5.32 Å². The van der Waals surface area contributed by atoms with Crippen LogP contribution in [0.15, 0.2) is 71.6 Å². The molecule has 0 aromatic heterocycles. The third-order valence-electron chi connectivity index (χ3n) is 5.30. The highest BCUT2D eigenvalue weighted by atomic mass is 32.2. The number of para-hydroxylation sites is 1. The molecule has 0 spiro atoms. The minimum Gasteiger partial charge on any atom is -0.455 e. The van der Waals surface area contributed by atoms with Crippen molar-refractivity contribution in [3.8, 4) is 11.5 Å². The number of hydrogen-bond donors (Lipinski definition) is 1. The summed E-state index contributed by atoms with van der Waals surface area (Å²) in [7, 11) is -3.80. The molecule has 0 aliphatic carbocycles. The van der Waals surface area contributed by atoms with Crippen LogP contribution >= 0.6 is 0 Å². The van der Waals surface area contributed by atoms with Crippen LogP contribution in [0.25, 0.3) is 0 Å². The largest absolute Gasteiger partial charge is 0.455 e. The number of benzene rings is 3. The molecular formula is C24H22F2N2O4S. The van der Waals surface area contributed by atoms with Crippen LogP contribution in [0.3, 0.4) is 0 Å². The molecule has 1 aliphatic heterocycles. The van der Waals surface area contributed by atoms with Gasteiger partial charge >= 0.3 is 0 Å². The highest BCUT2D eigenvalue weighted by Gasteiger charge is 2.27. The number of nitrogens with one attached hydrogen (secondary N) is 1. The van der Waals surface area contributed by atoms with Crippen molar-refractivity contribution in [2.24, 2.45) is 0 Å². The van der Waals surface area contributed by atoms with Gasteiger partial charge in [-0.05, 0) is 61.4 Å². The topological polar surface area (TPSA) is 75.7 Å². The molecule has 0 bridgehead atoms. The molecule has 1 heterocycles. The van der Waals surface area contributed by atoms with Gasteiger partial charge in [-0.1, -0.05) is 24.6 Å². The van der Waals surface area contributed by atoms with Crippen LogP contribution < -0.4 is 10.1 Å². The Morgan fingerprint density at radius 3 is 2.36 bits per heavy atom. The smallest absolute Gasteiger partial charge is 0.258 e. The Kier molecular flexibility index (Phi) is 6.71. The molecule has 3 aromatic rings. The summed E-state index contributed by atoms with van der Waals surface area (Å²) in [6.07, 6.45) is 2.52. The van der Waals surface area contributed by atoms with Gasteiger partial charge in [-0.25, -0.2) is 17.2 Å². The molecule has 1 N–H and O–H groups in total. The average Bonchev–Trinajstić information content (AvgIpc) is 2.83. The Labute approximate surface area is 190 Å². The number of anilines is 1. The van der Waals surface area contributed by atoms with E-state index in [0.29, 0.717) is 18.8 Å². The lowest BCUT2D eigenvalue weighted by molar-refractivity contribution is 0.102. The Morgan fingerprint density at radius 2 is 1.64 bits per heavy atom. The molecule has 0 radical (unpaired) electrons. The maximum atomic E-state index is 14.1. The molecular weight excluding hydrogens is 450 g/mol. The molecule has 1 saturated heterocycles. The second kappa shape index (κ2) is 9.68. The van der Waals surface area contributed by atoms with E-state index in [1.807, 2.05) is 0 Å². The summed E-state index contributed by atoms with van der Waals surface area (Å²) in [6.45, 7) is 0.835. The minimum absolute atomic E-state index is 0.0191. The molecule has 4 rings (SSSR count).